The maximum Gasteiger partial charge on any atom is 0.0112 e. The van der Waals surface area contributed by atoms with E-state index in [1.54, 1.807) is 11.1 Å². The summed E-state index contributed by atoms with van der Waals surface area (Å²) < 4.78 is 0. The van der Waals surface area contributed by atoms with Crippen molar-refractivity contribution in [2.45, 2.75) is 73.6 Å². The number of hydrogen-bond donors (Lipinski definition) is 0. The average molecular weight is 433 g/mol. The van der Waals surface area contributed by atoms with E-state index < -0.39 is 0 Å². The van der Waals surface area contributed by atoms with E-state index in [4.69, 9.17) is 0 Å². The van der Waals surface area contributed by atoms with Crippen LogP contribution < -0.4 is 0 Å². The van der Waals surface area contributed by atoms with Gasteiger partial charge in [0.1, 0.15) is 0 Å². The van der Waals surface area contributed by atoms with Gasteiger partial charge in [0.05, 0.1) is 0 Å². The first-order valence-electron chi connectivity index (χ1n) is 12.4. The molecule has 0 saturated heterocycles. The monoisotopic (exact) mass is 432 g/mol. The van der Waals surface area contributed by atoms with Crippen LogP contribution in [0.4, 0.5) is 0 Å². The summed E-state index contributed by atoms with van der Waals surface area (Å²) in [5, 5.41) is 2.89. The van der Waals surface area contributed by atoms with Gasteiger partial charge >= 0.3 is 0 Å². The highest BCUT2D eigenvalue weighted by atomic mass is 14.4. The smallest absolute Gasteiger partial charge is 0.0112 e. The molecule has 0 aromatic heterocycles. The van der Waals surface area contributed by atoms with Crippen LogP contribution in [0, 0.1) is 55.4 Å². The number of hydrogen-bond acceptors (Lipinski definition) is 0. The summed E-state index contributed by atoms with van der Waals surface area (Å²) in [6, 6.07) is 18.8. The van der Waals surface area contributed by atoms with Gasteiger partial charge in [-0.2, -0.15) is 0 Å². The highest BCUT2D eigenvalue weighted by Gasteiger charge is 2.35. The second-order valence-corrected chi connectivity index (χ2v) is 10.7. The minimum atomic E-state index is 0.411. The lowest BCUT2D eigenvalue weighted by atomic mass is 9.66. The zero-order chi connectivity index (χ0) is 23.6. The molecule has 0 radical (unpaired) electrons. The van der Waals surface area contributed by atoms with Crippen LogP contribution in [0.5, 0.6) is 0 Å². The fourth-order valence-corrected chi connectivity index (χ4v) is 7.06. The van der Waals surface area contributed by atoms with E-state index in [-0.39, 0.29) is 0 Å². The Hall–Kier alpha value is -2.86. The Morgan fingerprint density at radius 1 is 0.455 bits per heavy atom. The second kappa shape index (κ2) is 7.87. The van der Waals surface area contributed by atoms with Crippen molar-refractivity contribution in [2.75, 3.05) is 0 Å². The maximum absolute atomic E-state index is 2.38. The molecule has 0 saturated carbocycles. The van der Waals surface area contributed by atoms with Crippen LogP contribution in [0.15, 0.2) is 48.5 Å². The van der Waals surface area contributed by atoms with Gasteiger partial charge in [0.2, 0.25) is 0 Å². The molecule has 33 heavy (non-hydrogen) atoms. The number of rotatable bonds is 2. The van der Waals surface area contributed by atoms with E-state index in [0.29, 0.717) is 11.8 Å². The normalized spacial score (nSPS) is 17.6. The molecule has 0 fully saturated rings. The largest absolute Gasteiger partial charge is 0.0584 e. The predicted molar refractivity (Wildman–Crippen MR) is 143 cm³/mol. The fourth-order valence-electron chi connectivity index (χ4n) is 7.06. The summed E-state index contributed by atoms with van der Waals surface area (Å²) in [7, 11) is 0. The third-order valence-electron chi connectivity index (χ3n) is 8.04. The summed E-state index contributed by atoms with van der Waals surface area (Å²) in [5.41, 5.74) is 17.5. The standard InChI is InChI=1S/C33H36/c1-18-13-22(5)29(23(6)14-18)27-17-28(30-24(7)15-19(2)16-25(30)8)32-21(4)10-12-26-11-9-20(3)31(27)33(26)32/h9-16,27-28H,17H2,1-8H3. The van der Waals surface area contributed by atoms with Crippen molar-refractivity contribution >= 4 is 10.8 Å². The SMILES string of the molecule is Cc1cc(C)c(C2CC(c3c(C)cc(C)cc3C)c3c(C)ccc4ccc(C)c2c34)c(C)c1. The molecule has 0 heteroatoms. The van der Waals surface area contributed by atoms with Gasteiger partial charge in [-0.15, -0.1) is 0 Å². The van der Waals surface area contributed by atoms with E-state index >= 15 is 0 Å². The molecule has 1 aliphatic rings. The minimum absolute atomic E-state index is 0.411. The van der Waals surface area contributed by atoms with Gasteiger partial charge in [0.25, 0.3) is 0 Å². The molecule has 0 N–H and O–H groups in total. The first kappa shape index (κ1) is 22.0. The van der Waals surface area contributed by atoms with Gasteiger partial charge in [-0.05, 0) is 128 Å². The van der Waals surface area contributed by atoms with Gasteiger partial charge in [0, 0.05) is 11.8 Å². The predicted octanol–water partition coefficient (Wildman–Crippen LogP) is 8.97. The average Bonchev–Trinajstić information content (AvgIpc) is 2.71. The molecule has 2 unspecified atom stereocenters. The van der Waals surface area contributed by atoms with E-state index in [1.165, 1.54) is 66.4 Å². The van der Waals surface area contributed by atoms with Crippen LogP contribution in [-0.4, -0.2) is 0 Å². The van der Waals surface area contributed by atoms with Gasteiger partial charge in [-0.25, -0.2) is 0 Å². The Morgan fingerprint density at radius 3 is 1.18 bits per heavy atom. The molecule has 0 bridgehead atoms. The third-order valence-corrected chi connectivity index (χ3v) is 8.04. The number of benzene rings is 4. The molecule has 168 valence electrons. The molecule has 0 nitrogen and oxygen atoms in total. The number of aryl methyl sites for hydroxylation is 8. The minimum Gasteiger partial charge on any atom is -0.0584 e. The Bertz CT molecular complexity index is 1270. The topological polar surface area (TPSA) is 0 Å². The third kappa shape index (κ3) is 3.43. The highest BCUT2D eigenvalue weighted by molar-refractivity contribution is 5.94. The Morgan fingerprint density at radius 2 is 0.818 bits per heavy atom. The van der Waals surface area contributed by atoms with E-state index in [9.17, 15) is 0 Å². The lowest BCUT2D eigenvalue weighted by molar-refractivity contribution is 0.618. The van der Waals surface area contributed by atoms with Crippen LogP contribution in [0.25, 0.3) is 10.8 Å². The first-order valence-corrected chi connectivity index (χ1v) is 12.4. The lowest BCUT2D eigenvalue weighted by Gasteiger charge is -2.37. The molecule has 4 aromatic carbocycles. The Balaban J connectivity index is 1.90. The summed E-state index contributed by atoms with van der Waals surface area (Å²) in [6.07, 6.45) is 1.13. The van der Waals surface area contributed by atoms with Crippen LogP contribution in [0.3, 0.4) is 0 Å². The molecule has 0 amide bonds. The van der Waals surface area contributed by atoms with E-state index in [0.717, 1.165) is 6.42 Å². The van der Waals surface area contributed by atoms with Crippen LogP contribution in [0.2, 0.25) is 0 Å². The Labute approximate surface area is 199 Å². The summed E-state index contributed by atoms with van der Waals surface area (Å²) in [4.78, 5) is 0. The zero-order valence-corrected chi connectivity index (χ0v) is 21.5. The van der Waals surface area contributed by atoms with Gasteiger partial charge < -0.3 is 0 Å². The highest BCUT2D eigenvalue weighted by Crippen LogP contribution is 2.52. The van der Waals surface area contributed by atoms with Crippen molar-refractivity contribution in [3.05, 3.63) is 115 Å². The Kier molecular flexibility index (Phi) is 5.24. The summed E-state index contributed by atoms with van der Waals surface area (Å²) in [5.74, 6) is 0.822. The molecule has 1 aliphatic carbocycles. The van der Waals surface area contributed by atoms with Crippen molar-refractivity contribution in [1.82, 2.24) is 0 Å². The molecule has 2 atom stereocenters. The molecule has 0 aliphatic heterocycles. The molecular formula is C33H36. The van der Waals surface area contributed by atoms with E-state index in [1.807, 2.05) is 0 Å². The molecular weight excluding hydrogens is 396 g/mol. The van der Waals surface area contributed by atoms with E-state index in [2.05, 4.69) is 104 Å². The lowest BCUT2D eigenvalue weighted by Crippen LogP contribution is -2.21. The molecule has 5 rings (SSSR count). The molecule has 0 spiro atoms. The van der Waals surface area contributed by atoms with Crippen molar-refractivity contribution in [3.8, 4) is 0 Å². The fraction of sp³-hybridized carbons (Fsp3) is 0.333. The summed E-state index contributed by atoms with van der Waals surface area (Å²) >= 11 is 0. The van der Waals surface area contributed by atoms with Crippen LogP contribution in [-0.2, 0) is 0 Å². The van der Waals surface area contributed by atoms with Gasteiger partial charge in [0.15, 0.2) is 0 Å². The quantitative estimate of drug-likeness (QED) is 0.296. The summed E-state index contributed by atoms with van der Waals surface area (Å²) in [6.45, 7) is 18.3. The maximum atomic E-state index is 2.38. The van der Waals surface area contributed by atoms with Gasteiger partial charge in [-0.1, -0.05) is 59.7 Å². The van der Waals surface area contributed by atoms with Crippen molar-refractivity contribution in [3.63, 3.8) is 0 Å². The van der Waals surface area contributed by atoms with Crippen molar-refractivity contribution < 1.29 is 0 Å². The molecule has 4 aromatic rings. The van der Waals surface area contributed by atoms with Crippen LogP contribution >= 0.6 is 0 Å². The van der Waals surface area contributed by atoms with Gasteiger partial charge in [-0.3, -0.25) is 0 Å². The second-order valence-electron chi connectivity index (χ2n) is 10.7. The zero-order valence-electron chi connectivity index (χ0n) is 21.5. The molecule has 0 heterocycles. The van der Waals surface area contributed by atoms with Crippen molar-refractivity contribution in [2.24, 2.45) is 0 Å². The first-order chi connectivity index (χ1) is 15.7. The van der Waals surface area contributed by atoms with Crippen LogP contribution in [0.1, 0.15) is 85.0 Å². The van der Waals surface area contributed by atoms with Crippen molar-refractivity contribution in [1.29, 1.82) is 0 Å².